The molecule has 7 heteroatoms. The fraction of sp³-hybridized carbons (Fsp3) is 0.286. The van der Waals surface area contributed by atoms with Gasteiger partial charge in [0.2, 0.25) is 0 Å². The molecule has 0 saturated carbocycles. The first-order chi connectivity index (χ1) is 9.79. The van der Waals surface area contributed by atoms with Crippen LogP contribution in [0.5, 0.6) is 5.75 Å². The van der Waals surface area contributed by atoms with Crippen LogP contribution in [0.1, 0.15) is 22.8 Å². The van der Waals surface area contributed by atoms with Gasteiger partial charge in [-0.1, -0.05) is 6.08 Å². The molecule has 0 spiro atoms. The highest BCUT2D eigenvalue weighted by Crippen LogP contribution is 2.37. The van der Waals surface area contributed by atoms with Gasteiger partial charge in [-0.15, -0.1) is 6.58 Å². The number of rotatable bonds is 6. The molecule has 1 atom stereocenters. The Bertz CT molecular complexity index is 541. The minimum Gasteiger partial charge on any atom is -0.480 e. The van der Waals surface area contributed by atoms with E-state index in [9.17, 15) is 22.8 Å². The van der Waals surface area contributed by atoms with E-state index in [4.69, 9.17) is 4.74 Å². The Morgan fingerprint density at radius 3 is 2.67 bits per heavy atom. The summed E-state index contributed by atoms with van der Waals surface area (Å²) in [6.07, 6.45) is -4.07. The number of aldehydes is 1. The van der Waals surface area contributed by atoms with Crippen LogP contribution in [0.4, 0.5) is 13.2 Å². The van der Waals surface area contributed by atoms with Gasteiger partial charge in [0.25, 0.3) is 5.91 Å². The van der Waals surface area contributed by atoms with Gasteiger partial charge in [0, 0.05) is 12.1 Å². The lowest BCUT2D eigenvalue weighted by molar-refractivity contribution is -0.140. The second-order valence-corrected chi connectivity index (χ2v) is 4.17. The molecule has 1 N–H and O–H groups in total. The number of benzene rings is 1. The zero-order chi connectivity index (χ0) is 16.0. The number of hydrogen-bond acceptors (Lipinski definition) is 3. The van der Waals surface area contributed by atoms with E-state index in [-0.39, 0.29) is 12.1 Å². The SMILES string of the molecule is C=CCNC(=O)C(C)Oc1ccc(C=O)cc1C(F)(F)F. The molecule has 0 aliphatic carbocycles. The molecule has 0 bridgehead atoms. The van der Waals surface area contributed by atoms with Gasteiger partial charge in [0.15, 0.2) is 6.10 Å². The monoisotopic (exact) mass is 301 g/mol. The van der Waals surface area contributed by atoms with Crippen LogP contribution in [0.3, 0.4) is 0 Å². The van der Waals surface area contributed by atoms with Crippen molar-refractivity contribution in [2.24, 2.45) is 0 Å². The van der Waals surface area contributed by atoms with Crippen molar-refractivity contribution in [1.82, 2.24) is 5.32 Å². The lowest BCUT2D eigenvalue weighted by atomic mass is 10.1. The Hall–Kier alpha value is -2.31. The second-order valence-electron chi connectivity index (χ2n) is 4.17. The number of amides is 1. The fourth-order valence-electron chi connectivity index (χ4n) is 1.51. The fourth-order valence-corrected chi connectivity index (χ4v) is 1.51. The molecule has 1 aromatic carbocycles. The van der Waals surface area contributed by atoms with Crippen LogP contribution >= 0.6 is 0 Å². The maximum atomic E-state index is 12.9. The van der Waals surface area contributed by atoms with Crippen molar-refractivity contribution in [3.05, 3.63) is 42.0 Å². The first-order valence-corrected chi connectivity index (χ1v) is 6.01. The average molecular weight is 301 g/mol. The molecule has 0 aromatic heterocycles. The van der Waals surface area contributed by atoms with Crippen LogP contribution in [-0.4, -0.2) is 24.8 Å². The first-order valence-electron chi connectivity index (χ1n) is 6.01. The standard InChI is InChI=1S/C14H14F3NO3/c1-3-6-18-13(20)9(2)21-12-5-4-10(8-19)7-11(12)14(15,16)17/h3-5,7-9H,1,6H2,2H3,(H,18,20). The summed E-state index contributed by atoms with van der Waals surface area (Å²) in [5.41, 5.74) is -1.23. The smallest absolute Gasteiger partial charge is 0.419 e. The Morgan fingerprint density at radius 2 is 2.14 bits per heavy atom. The van der Waals surface area contributed by atoms with Gasteiger partial charge in [0.1, 0.15) is 12.0 Å². The summed E-state index contributed by atoms with van der Waals surface area (Å²) in [6.45, 7) is 4.91. The molecule has 114 valence electrons. The van der Waals surface area contributed by atoms with Crippen LogP contribution in [0.25, 0.3) is 0 Å². The summed E-state index contributed by atoms with van der Waals surface area (Å²) >= 11 is 0. The predicted molar refractivity (Wildman–Crippen MR) is 70.1 cm³/mol. The molecule has 1 amide bonds. The van der Waals surface area contributed by atoms with Crippen molar-refractivity contribution in [2.45, 2.75) is 19.2 Å². The molecule has 1 aromatic rings. The van der Waals surface area contributed by atoms with Gasteiger partial charge in [-0.2, -0.15) is 13.2 Å². The molecule has 0 radical (unpaired) electrons. The Labute approximate surface area is 119 Å². The summed E-state index contributed by atoms with van der Waals surface area (Å²) in [6, 6.07) is 2.88. The van der Waals surface area contributed by atoms with Crippen molar-refractivity contribution in [3.8, 4) is 5.75 Å². The van der Waals surface area contributed by atoms with Crippen LogP contribution in [0.2, 0.25) is 0 Å². The summed E-state index contributed by atoms with van der Waals surface area (Å²) < 4.78 is 43.8. The molecular formula is C14H14F3NO3. The van der Waals surface area contributed by atoms with E-state index in [2.05, 4.69) is 11.9 Å². The second kappa shape index (κ2) is 6.92. The molecule has 0 fully saturated rings. The number of carbonyl (C=O) groups is 2. The first kappa shape index (κ1) is 16.7. The topological polar surface area (TPSA) is 55.4 Å². The molecule has 0 aliphatic rings. The van der Waals surface area contributed by atoms with Crippen LogP contribution in [0.15, 0.2) is 30.9 Å². The third-order valence-electron chi connectivity index (χ3n) is 2.54. The van der Waals surface area contributed by atoms with Crippen molar-refractivity contribution in [2.75, 3.05) is 6.54 Å². The van der Waals surface area contributed by atoms with E-state index in [1.165, 1.54) is 19.1 Å². The number of carbonyl (C=O) groups excluding carboxylic acids is 2. The number of hydrogen-bond donors (Lipinski definition) is 1. The third kappa shape index (κ3) is 4.62. The molecule has 0 heterocycles. The van der Waals surface area contributed by atoms with E-state index < -0.39 is 29.5 Å². The minimum absolute atomic E-state index is 0.126. The van der Waals surface area contributed by atoms with Crippen LogP contribution in [0, 0.1) is 0 Å². The molecule has 21 heavy (non-hydrogen) atoms. The molecule has 0 saturated heterocycles. The maximum absolute atomic E-state index is 12.9. The normalized spacial score (nSPS) is 12.4. The lowest BCUT2D eigenvalue weighted by Crippen LogP contribution is -2.36. The summed E-state index contributed by atoms with van der Waals surface area (Å²) in [5, 5.41) is 2.41. The molecule has 0 aliphatic heterocycles. The Morgan fingerprint density at radius 1 is 1.48 bits per heavy atom. The van der Waals surface area contributed by atoms with Crippen LogP contribution < -0.4 is 10.1 Å². The predicted octanol–water partition coefficient (Wildman–Crippen LogP) is 2.59. The third-order valence-corrected chi connectivity index (χ3v) is 2.54. The summed E-state index contributed by atoms with van der Waals surface area (Å²) in [7, 11) is 0. The minimum atomic E-state index is -4.69. The van der Waals surface area contributed by atoms with Gasteiger partial charge in [-0.3, -0.25) is 9.59 Å². The quantitative estimate of drug-likeness (QED) is 0.649. The van der Waals surface area contributed by atoms with Crippen LogP contribution in [-0.2, 0) is 11.0 Å². The van der Waals surface area contributed by atoms with Gasteiger partial charge in [-0.25, -0.2) is 0 Å². The van der Waals surface area contributed by atoms with E-state index >= 15 is 0 Å². The zero-order valence-electron chi connectivity index (χ0n) is 11.2. The van der Waals surface area contributed by atoms with Gasteiger partial charge in [0.05, 0.1) is 5.56 Å². The highest BCUT2D eigenvalue weighted by molar-refractivity contribution is 5.81. The number of ether oxygens (including phenoxy) is 1. The average Bonchev–Trinajstić information content (AvgIpc) is 2.43. The summed E-state index contributed by atoms with van der Waals surface area (Å²) in [5.74, 6) is -1.07. The number of nitrogens with one attached hydrogen (secondary N) is 1. The van der Waals surface area contributed by atoms with Crippen molar-refractivity contribution in [3.63, 3.8) is 0 Å². The van der Waals surface area contributed by atoms with E-state index in [1.54, 1.807) is 0 Å². The van der Waals surface area contributed by atoms with E-state index in [0.717, 1.165) is 6.07 Å². The highest BCUT2D eigenvalue weighted by Gasteiger charge is 2.35. The molecule has 4 nitrogen and oxygen atoms in total. The van der Waals surface area contributed by atoms with Gasteiger partial charge >= 0.3 is 6.18 Å². The largest absolute Gasteiger partial charge is 0.480 e. The maximum Gasteiger partial charge on any atom is 0.419 e. The number of alkyl halides is 3. The Kier molecular flexibility index (Phi) is 5.52. The lowest BCUT2D eigenvalue weighted by Gasteiger charge is -2.18. The van der Waals surface area contributed by atoms with Crippen molar-refractivity contribution in [1.29, 1.82) is 0 Å². The highest BCUT2D eigenvalue weighted by atomic mass is 19.4. The molecule has 1 unspecified atom stereocenters. The van der Waals surface area contributed by atoms with Crippen molar-refractivity contribution < 1.29 is 27.5 Å². The number of halogens is 3. The van der Waals surface area contributed by atoms with E-state index in [1.807, 2.05) is 0 Å². The van der Waals surface area contributed by atoms with Gasteiger partial charge < -0.3 is 10.1 Å². The van der Waals surface area contributed by atoms with E-state index in [0.29, 0.717) is 12.4 Å². The van der Waals surface area contributed by atoms with Gasteiger partial charge in [-0.05, 0) is 25.1 Å². The zero-order valence-corrected chi connectivity index (χ0v) is 11.2. The Balaban J connectivity index is 2.99. The van der Waals surface area contributed by atoms with Crippen molar-refractivity contribution >= 4 is 12.2 Å². The molecular weight excluding hydrogens is 287 g/mol. The molecule has 1 rings (SSSR count). The summed E-state index contributed by atoms with van der Waals surface area (Å²) in [4.78, 5) is 22.1.